The Hall–Kier alpha value is -3.32. The van der Waals surface area contributed by atoms with Crippen molar-refractivity contribution < 1.29 is 24.2 Å². The standard InChI is InChI=1S/C28H36N2O5/c1-17-12-13-18(28(2,3)4)16-20(17)24(31)22-23(19-10-9-11-21(34-7)26(19)35-8)30(15-14-29(5)6)27(33)25(22)32/h9-13,16,23,31H,14-15H2,1-8H3/b24-22+. The van der Waals surface area contributed by atoms with Gasteiger partial charge in [-0.3, -0.25) is 9.59 Å². The van der Waals surface area contributed by atoms with Crippen LogP contribution >= 0.6 is 0 Å². The van der Waals surface area contributed by atoms with E-state index in [1.807, 2.05) is 44.1 Å². The Morgan fingerprint density at radius 3 is 2.34 bits per heavy atom. The van der Waals surface area contributed by atoms with Crippen LogP contribution in [0.15, 0.2) is 42.0 Å². The Morgan fingerprint density at radius 1 is 1.09 bits per heavy atom. The van der Waals surface area contributed by atoms with Crippen LogP contribution in [0.25, 0.3) is 5.76 Å². The van der Waals surface area contributed by atoms with Gasteiger partial charge in [0.05, 0.1) is 25.8 Å². The van der Waals surface area contributed by atoms with E-state index in [9.17, 15) is 14.7 Å². The van der Waals surface area contributed by atoms with Gasteiger partial charge in [0.2, 0.25) is 0 Å². The minimum absolute atomic E-state index is 0.0504. The number of nitrogens with zero attached hydrogens (tertiary/aromatic N) is 2. The van der Waals surface area contributed by atoms with Crippen LogP contribution in [0.2, 0.25) is 0 Å². The molecule has 1 aliphatic heterocycles. The second-order valence-corrected chi connectivity index (χ2v) is 10.2. The Morgan fingerprint density at radius 2 is 1.77 bits per heavy atom. The number of hydrogen-bond donors (Lipinski definition) is 1. The molecule has 1 heterocycles. The van der Waals surface area contributed by atoms with Crippen LogP contribution in [0.1, 0.15) is 49.1 Å². The largest absolute Gasteiger partial charge is 0.507 e. The van der Waals surface area contributed by atoms with Gasteiger partial charge in [0.15, 0.2) is 11.5 Å². The predicted molar refractivity (Wildman–Crippen MR) is 137 cm³/mol. The number of likely N-dealkylation sites (tertiary alicyclic amines) is 1. The molecular weight excluding hydrogens is 444 g/mol. The van der Waals surface area contributed by atoms with Gasteiger partial charge >= 0.3 is 0 Å². The van der Waals surface area contributed by atoms with Crippen LogP contribution < -0.4 is 9.47 Å². The topological polar surface area (TPSA) is 79.3 Å². The molecule has 1 N–H and O–H groups in total. The Balaban J connectivity index is 2.31. The minimum atomic E-state index is -0.822. The van der Waals surface area contributed by atoms with E-state index in [-0.39, 0.29) is 16.7 Å². The first-order chi connectivity index (χ1) is 16.4. The smallest absolute Gasteiger partial charge is 0.295 e. The van der Waals surface area contributed by atoms with Crippen molar-refractivity contribution >= 4 is 17.4 Å². The number of para-hydroxylation sites is 1. The van der Waals surface area contributed by atoms with E-state index in [2.05, 4.69) is 20.8 Å². The molecular formula is C28H36N2O5. The molecule has 0 saturated carbocycles. The molecule has 1 fully saturated rings. The number of carbonyl (C=O) groups is 2. The van der Waals surface area contributed by atoms with Crippen LogP contribution in [0, 0.1) is 6.92 Å². The Bertz CT molecular complexity index is 1160. The number of rotatable bonds is 7. The number of ketones is 1. The number of likely N-dealkylation sites (N-methyl/N-ethyl adjacent to an activating group) is 1. The second kappa shape index (κ2) is 10.1. The van der Waals surface area contributed by atoms with Gasteiger partial charge in [-0.2, -0.15) is 0 Å². The number of ether oxygens (including phenoxy) is 2. The van der Waals surface area contributed by atoms with Gasteiger partial charge in [-0.15, -0.1) is 0 Å². The van der Waals surface area contributed by atoms with Crippen LogP contribution in [0.3, 0.4) is 0 Å². The molecule has 188 valence electrons. The lowest BCUT2D eigenvalue weighted by molar-refractivity contribution is -0.140. The van der Waals surface area contributed by atoms with Crippen molar-refractivity contribution in [3.63, 3.8) is 0 Å². The van der Waals surface area contributed by atoms with Crippen molar-refractivity contribution in [2.45, 2.75) is 39.2 Å². The zero-order valence-corrected chi connectivity index (χ0v) is 21.9. The summed E-state index contributed by atoms with van der Waals surface area (Å²) >= 11 is 0. The third kappa shape index (κ3) is 5.05. The van der Waals surface area contributed by atoms with Crippen molar-refractivity contribution in [3.05, 3.63) is 64.2 Å². The maximum absolute atomic E-state index is 13.4. The first-order valence-corrected chi connectivity index (χ1v) is 11.7. The summed E-state index contributed by atoms with van der Waals surface area (Å²) in [5.74, 6) is -0.643. The molecule has 7 nitrogen and oxygen atoms in total. The molecule has 3 rings (SSSR count). The van der Waals surface area contributed by atoms with Crippen molar-refractivity contribution in [1.82, 2.24) is 9.80 Å². The van der Waals surface area contributed by atoms with E-state index in [0.29, 0.717) is 35.7 Å². The maximum atomic E-state index is 13.4. The van der Waals surface area contributed by atoms with E-state index in [1.54, 1.807) is 18.2 Å². The SMILES string of the molecule is COc1cccc(C2/C(=C(\O)c3cc(C(C)(C)C)ccc3C)C(=O)C(=O)N2CCN(C)C)c1OC. The average Bonchev–Trinajstić information content (AvgIpc) is 3.05. The highest BCUT2D eigenvalue weighted by Gasteiger charge is 2.47. The fourth-order valence-corrected chi connectivity index (χ4v) is 4.36. The average molecular weight is 481 g/mol. The molecule has 1 aliphatic rings. The van der Waals surface area contributed by atoms with Gasteiger partial charge in [-0.05, 0) is 49.7 Å². The third-order valence-electron chi connectivity index (χ3n) is 6.41. The lowest BCUT2D eigenvalue weighted by Crippen LogP contribution is -2.35. The summed E-state index contributed by atoms with van der Waals surface area (Å²) < 4.78 is 11.1. The predicted octanol–water partition coefficient (Wildman–Crippen LogP) is 4.29. The summed E-state index contributed by atoms with van der Waals surface area (Å²) in [6, 6.07) is 10.4. The molecule has 2 aromatic carbocycles. The lowest BCUT2D eigenvalue weighted by Gasteiger charge is -2.28. The van der Waals surface area contributed by atoms with Gasteiger partial charge in [0, 0.05) is 24.2 Å². The van der Waals surface area contributed by atoms with Crippen LogP contribution in [0.5, 0.6) is 11.5 Å². The highest BCUT2D eigenvalue weighted by atomic mass is 16.5. The molecule has 1 amide bonds. The van der Waals surface area contributed by atoms with E-state index in [1.165, 1.54) is 19.1 Å². The zero-order chi connectivity index (χ0) is 26.1. The number of hydrogen-bond acceptors (Lipinski definition) is 6. The van der Waals surface area contributed by atoms with Gasteiger partial charge in [0.1, 0.15) is 5.76 Å². The summed E-state index contributed by atoms with van der Waals surface area (Å²) in [4.78, 5) is 30.1. The molecule has 1 saturated heterocycles. The van der Waals surface area contributed by atoms with E-state index < -0.39 is 17.7 Å². The summed E-state index contributed by atoms with van der Waals surface area (Å²) in [6.45, 7) is 8.99. The quantitative estimate of drug-likeness (QED) is 0.362. The molecule has 2 aromatic rings. The Labute approximate surface area is 207 Å². The fraction of sp³-hybridized carbons (Fsp3) is 0.429. The molecule has 7 heteroatoms. The molecule has 0 aromatic heterocycles. The summed E-state index contributed by atoms with van der Waals surface area (Å²) in [6.07, 6.45) is 0. The second-order valence-electron chi connectivity index (χ2n) is 10.2. The molecule has 0 radical (unpaired) electrons. The third-order valence-corrected chi connectivity index (χ3v) is 6.41. The van der Waals surface area contributed by atoms with Gasteiger partial charge in [-0.1, -0.05) is 45.0 Å². The van der Waals surface area contributed by atoms with Crippen molar-refractivity contribution in [1.29, 1.82) is 0 Å². The summed E-state index contributed by atoms with van der Waals surface area (Å²) in [5.41, 5.74) is 2.84. The molecule has 0 aliphatic carbocycles. The minimum Gasteiger partial charge on any atom is -0.507 e. The highest BCUT2D eigenvalue weighted by molar-refractivity contribution is 6.46. The molecule has 1 unspecified atom stereocenters. The number of aliphatic hydroxyl groups excluding tert-OH is 1. The fourth-order valence-electron chi connectivity index (χ4n) is 4.36. The van der Waals surface area contributed by atoms with Gasteiger partial charge in [0.25, 0.3) is 11.7 Å². The van der Waals surface area contributed by atoms with E-state index >= 15 is 0 Å². The van der Waals surface area contributed by atoms with E-state index in [0.717, 1.165) is 11.1 Å². The maximum Gasteiger partial charge on any atom is 0.295 e. The summed E-state index contributed by atoms with van der Waals surface area (Å²) in [5, 5.41) is 11.6. The first kappa shape index (κ1) is 26.3. The number of Topliss-reactive ketones (excluding diaryl/α,β-unsaturated/α-hetero) is 1. The van der Waals surface area contributed by atoms with Gasteiger partial charge < -0.3 is 24.4 Å². The number of aliphatic hydroxyl groups is 1. The monoisotopic (exact) mass is 480 g/mol. The van der Waals surface area contributed by atoms with Crippen molar-refractivity contribution in [2.75, 3.05) is 41.4 Å². The molecule has 1 atom stereocenters. The number of methoxy groups -OCH3 is 2. The van der Waals surface area contributed by atoms with Gasteiger partial charge in [-0.25, -0.2) is 0 Å². The highest BCUT2D eigenvalue weighted by Crippen LogP contribution is 2.45. The van der Waals surface area contributed by atoms with Crippen molar-refractivity contribution in [2.24, 2.45) is 0 Å². The van der Waals surface area contributed by atoms with Crippen LogP contribution in [0.4, 0.5) is 0 Å². The normalized spacial score (nSPS) is 17.9. The van der Waals surface area contributed by atoms with Crippen LogP contribution in [-0.2, 0) is 15.0 Å². The summed E-state index contributed by atoms with van der Waals surface area (Å²) in [7, 11) is 6.86. The first-order valence-electron chi connectivity index (χ1n) is 11.7. The Kier molecular flexibility index (Phi) is 7.60. The lowest BCUT2D eigenvalue weighted by atomic mass is 9.84. The zero-order valence-electron chi connectivity index (χ0n) is 21.9. The number of aryl methyl sites for hydroxylation is 1. The van der Waals surface area contributed by atoms with Crippen LogP contribution in [-0.4, -0.2) is 68.0 Å². The molecule has 35 heavy (non-hydrogen) atoms. The number of carbonyl (C=O) groups excluding carboxylic acids is 2. The molecule has 0 spiro atoms. The van der Waals surface area contributed by atoms with Crippen molar-refractivity contribution in [3.8, 4) is 11.5 Å². The van der Waals surface area contributed by atoms with E-state index in [4.69, 9.17) is 9.47 Å². The molecule has 0 bridgehead atoms. The number of amides is 1. The number of benzene rings is 2.